The molecule has 4 aromatic rings. The highest BCUT2D eigenvalue weighted by molar-refractivity contribution is 6.30. The van der Waals surface area contributed by atoms with Crippen LogP contribution in [0.4, 0.5) is 4.39 Å². The third kappa shape index (κ3) is 3.41. The zero-order valence-electron chi connectivity index (χ0n) is 12.8. The lowest BCUT2D eigenvalue weighted by molar-refractivity contribution is 0.446. The van der Waals surface area contributed by atoms with Crippen LogP contribution in [0, 0.1) is 5.82 Å². The lowest BCUT2D eigenvalue weighted by atomic mass is 10.2. The molecule has 124 valence electrons. The van der Waals surface area contributed by atoms with E-state index < -0.39 is 0 Å². The first-order valence-electron chi connectivity index (χ1n) is 7.42. The lowest BCUT2D eigenvalue weighted by Gasteiger charge is -1.97. The molecule has 2 heterocycles. The molecular weight excluding hydrogens is 345 g/mol. The molecule has 0 aliphatic rings. The van der Waals surface area contributed by atoms with Gasteiger partial charge in [0.1, 0.15) is 12.4 Å². The first-order valence-corrected chi connectivity index (χ1v) is 7.79. The van der Waals surface area contributed by atoms with Crippen molar-refractivity contribution >= 4 is 11.6 Å². The second-order valence-corrected chi connectivity index (χ2v) is 5.72. The van der Waals surface area contributed by atoms with Crippen LogP contribution in [0.15, 0.2) is 59.1 Å². The van der Waals surface area contributed by atoms with Crippen molar-refractivity contribution in [3.05, 3.63) is 71.5 Å². The number of aromatic nitrogens is 5. The summed E-state index contributed by atoms with van der Waals surface area (Å²) in [6.07, 6.45) is 1.63. The van der Waals surface area contributed by atoms with E-state index in [1.54, 1.807) is 30.5 Å². The molecule has 0 amide bonds. The molecule has 2 aromatic heterocycles. The van der Waals surface area contributed by atoms with Gasteiger partial charge >= 0.3 is 0 Å². The number of tetrazole rings is 1. The van der Waals surface area contributed by atoms with E-state index in [9.17, 15) is 4.39 Å². The third-order valence-corrected chi connectivity index (χ3v) is 3.75. The number of rotatable bonds is 4. The Labute approximate surface area is 146 Å². The van der Waals surface area contributed by atoms with E-state index in [1.165, 1.54) is 16.9 Å². The Kier molecular flexibility index (Phi) is 3.99. The van der Waals surface area contributed by atoms with E-state index in [4.69, 9.17) is 16.0 Å². The average molecular weight is 356 g/mol. The highest BCUT2D eigenvalue weighted by atomic mass is 35.5. The van der Waals surface area contributed by atoms with Crippen molar-refractivity contribution in [2.24, 2.45) is 0 Å². The highest BCUT2D eigenvalue weighted by Gasteiger charge is 2.11. The zero-order valence-corrected chi connectivity index (χ0v) is 13.6. The summed E-state index contributed by atoms with van der Waals surface area (Å²) in [6.45, 7) is 0.218. The summed E-state index contributed by atoms with van der Waals surface area (Å²) in [5.41, 5.74) is 1.43. The van der Waals surface area contributed by atoms with Crippen LogP contribution in [-0.4, -0.2) is 25.2 Å². The molecule has 2 aromatic carbocycles. The summed E-state index contributed by atoms with van der Waals surface area (Å²) >= 11 is 5.88. The maximum atomic E-state index is 13.3. The molecule has 6 nitrogen and oxygen atoms in total. The fourth-order valence-corrected chi connectivity index (χ4v) is 2.43. The maximum Gasteiger partial charge on any atom is 0.218 e. The number of benzene rings is 2. The van der Waals surface area contributed by atoms with Crippen molar-refractivity contribution in [3.8, 4) is 22.7 Å². The summed E-state index contributed by atoms with van der Waals surface area (Å²) in [5.74, 6) is 1.04. The summed E-state index contributed by atoms with van der Waals surface area (Å²) in [5, 5.41) is 12.8. The van der Waals surface area contributed by atoms with Gasteiger partial charge in [-0.25, -0.2) is 9.37 Å². The summed E-state index contributed by atoms with van der Waals surface area (Å²) in [7, 11) is 0. The normalized spacial score (nSPS) is 11.0. The van der Waals surface area contributed by atoms with Crippen molar-refractivity contribution in [2.45, 2.75) is 6.54 Å². The van der Waals surface area contributed by atoms with Crippen molar-refractivity contribution in [2.75, 3.05) is 0 Å². The van der Waals surface area contributed by atoms with Gasteiger partial charge in [-0.1, -0.05) is 23.7 Å². The minimum atomic E-state index is -0.353. The van der Waals surface area contributed by atoms with Gasteiger partial charge in [-0.05, 0) is 41.6 Å². The standard InChI is InChI=1S/C17H11ClFN5O/c18-13-6-4-11(5-7-13)15-9-20-16(25-15)10-24-22-17(21-23-24)12-2-1-3-14(19)8-12/h1-9H,10H2. The Bertz CT molecular complexity index is 1010. The van der Waals surface area contributed by atoms with Gasteiger partial charge in [0.05, 0.1) is 6.20 Å². The monoisotopic (exact) mass is 355 g/mol. The summed E-state index contributed by atoms with van der Waals surface area (Å²) in [6, 6.07) is 13.3. The van der Waals surface area contributed by atoms with Crippen LogP contribution in [0.3, 0.4) is 0 Å². The predicted octanol–water partition coefficient (Wildman–Crippen LogP) is 3.84. The summed E-state index contributed by atoms with van der Waals surface area (Å²) in [4.78, 5) is 5.56. The van der Waals surface area contributed by atoms with Gasteiger partial charge in [-0.15, -0.1) is 10.2 Å². The second kappa shape index (κ2) is 6.45. The quantitative estimate of drug-likeness (QED) is 0.556. The number of halogens is 2. The Balaban J connectivity index is 1.52. The first-order chi connectivity index (χ1) is 12.2. The molecular formula is C17H11ClFN5O. The van der Waals surface area contributed by atoms with Crippen molar-refractivity contribution in [1.82, 2.24) is 25.2 Å². The molecule has 0 unspecified atom stereocenters. The molecule has 0 bridgehead atoms. The molecule has 0 atom stereocenters. The molecule has 25 heavy (non-hydrogen) atoms. The minimum absolute atomic E-state index is 0.218. The van der Waals surface area contributed by atoms with Crippen LogP contribution in [0.2, 0.25) is 5.02 Å². The molecule has 0 spiro atoms. The molecule has 8 heteroatoms. The Hall–Kier alpha value is -3.06. The largest absolute Gasteiger partial charge is 0.439 e. The lowest BCUT2D eigenvalue weighted by Crippen LogP contribution is -2.04. The molecule has 0 fully saturated rings. The molecule has 0 saturated heterocycles. The van der Waals surface area contributed by atoms with Crippen LogP contribution in [0.5, 0.6) is 0 Å². The zero-order chi connectivity index (χ0) is 17.2. The number of nitrogens with zero attached hydrogens (tertiary/aromatic N) is 5. The number of oxazole rings is 1. The van der Waals surface area contributed by atoms with Crippen LogP contribution in [0.1, 0.15) is 5.89 Å². The fraction of sp³-hybridized carbons (Fsp3) is 0.0588. The first kappa shape index (κ1) is 15.5. The van der Waals surface area contributed by atoms with Gasteiger partial charge < -0.3 is 4.42 Å². The minimum Gasteiger partial charge on any atom is -0.439 e. The topological polar surface area (TPSA) is 69.6 Å². The molecule has 0 aliphatic heterocycles. The smallest absolute Gasteiger partial charge is 0.218 e. The fourth-order valence-electron chi connectivity index (χ4n) is 2.31. The predicted molar refractivity (Wildman–Crippen MR) is 89.3 cm³/mol. The molecule has 0 aliphatic carbocycles. The third-order valence-electron chi connectivity index (χ3n) is 3.49. The van der Waals surface area contributed by atoms with E-state index >= 15 is 0 Å². The van der Waals surface area contributed by atoms with Crippen LogP contribution < -0.4 is 0 Å². The maximum absolute atomic E-state index is 13.3. The number of hydrogen-bond acceptors (Lipinski definition) is 5. The van der Waals surface area contributed by atoms with Crippen LogP contribution in [-0.2, 0) is 6.54 Å². The van der Waals surface area contributed by atoms with E-state index in [2.05, 4.69) is 20.4 Å². The molecule has 0 saturated carbocycles. The van der Waals surface area contributed by atoms with Crippen LogP contribution in [0.25, 0.3) is 22.7 Å². The highest BCUT2D eigenvalue weighted by Crippen LogP contribution is 2.22. The Morgan fingerprint density at radius 3 is 2.72 bits per heavy atom. The van der Waals surface area contributed by atoms with E-state index in [1.807, 2.05) is 12.1 Å². The van der Waals surface area contributed by atoms with Gasteiger partial charge in [-0.2, -0.15) is 4.80 Å². The SMILES string of the molecule is Fc1cccc(-c2nnn(Cc3ncc(-c4ccc(Cl)cc4)o3)n2)c1. The van der Waals surface area contributed by atoms with Crippen LogP contribution >= 0.6 is 11.6 Å². The van der Waals surface area contributed by atoms with Gasteiger partial charge in [-0.3, -0.25) is 0 Å². The van der Waals surface area contributed by atoms with Crippen molar-refractivity contribution in [3.63, 3.8) is 0 Å². The molecule has 0 N–H and O–H groups in total. The van der Waals surface area contributed by atoms with E-state index in [-0.39, 0.29) is 12.4 Å². The van der Waals surface area contributed by atoms with Gasteiger partial charge in [0.15, 0.2) is 5.76 Å². The summed E-state index contributed by atoms with van der Waals surface area (Å²) < 4.78 is 19.0. The van der Waals surface area contributed by atoms with Gasteiger partial charge in [0, 0.05) is 16.1 Å². The van der Waals surface area contributed by atoms with Crippen molar-refractivity contribution in [1.29, 1.82) is 0 Å². The van der Waals surface area contributed by atoms with E-state index in [0.29, 0.717) is 28.1 Å². The molecule has 0 radical (unpaired) electrons. The Morgan fingerprint density at radius 2 is 1.92 bits per heavy atom. The van der Waals surface area contributed by atoms with Gasteiger partial charge in [0.25, 0.3) is 0 Å². The number of hydrogen-bond donors (Lipinski definition) is 0. The van der Waals surface area contributed by atoms with E-state index in [0.717, 1.165) is 5.56 Å². The second-order valence-electron chi connectivity index (χ2n) is 5.28. The average Bonchev–Trinajstić information content (AvgIpc) is 3.26. The Morgan fingerprint density at radius 1 is 1.08 bits per heavy atom. The van der Waals surface area contributed by atoms with Gasteiger partial charge in [0.2, 0.25) is 11.7 Å². The molecule has 4 rings (SSSR count). The van der Waals surface area contributed by atoms with Crippen molar-refractivity contribution < 1.29 is 8.81 Å².